The van der Waals surface area contributed by atoms with Crippen molar-refractivity contribution in [1.29, 1.82) is 0 Å². The van der Waals surface area contributed by atoms with Crippen molar-refractivity contribution >= 4 is 17.9 Å². The fraction of sp³-hybridized carbons (Fsp3) is 0.0909. The topological polar surface area (TPSA) is 97.0 Å². The number of aliphatic imine (C=N–C) groups is 1. The maximum atomic E-state index is 11.0. The van der Waals surface area contributed by atoms with E-state index >= 15 is 0 Å². The standard InChI is InChI=1S/C11H11N5O/c12-10(17)9-11(16-7-15-9)14-5-3-8-2-1-4-13-6-8/h1-2,4-7H,3H2,(H2,12,17)(H,15,16). The Labute approximate surface area is 97.6 Å². The van der Waals surface area contributed by atoms with Crippen molar-refractivity contribution < 1.29 is 4.79 Å². The first-order valence-electron chi connectivity index (χ1n) is 5.02. The molecule has 0 aliphatic rings. The molecule has 3 N–H and O–H groups in total. The third kappa shape index (κ3) is 2.75. The maximum Gasteiger partial charge on any atom is 0.269 e. The zero-order valence-corrected chi connectivity index (χ0v) is 9.00. The number of nitrogens with two attached hydrogens (primary N) is 1. The van der Waals surface area contributed by atoms with Gasteiger partial charge in [0.1, 0.15) is 0 Å². The minimum absolute atomic E-state index is 0.215. The number of pyridine rings is 1. The van der Waals surface area contributed by atoms with Gasteiger partial charge in [-0.3, -0.25) is 9.78 Å². The number of aromatic amines is 1. The SMILES string of the molecule is NC(=O)c1[nH]cnc1N=CCc1cccnc1. The van der Waals surface area contributed by atoms with E-state index in [2.05, 4.69) is 19.9 Å². The lowest BCUT2D eigenvalue weighted by Gasteiger charge is -1.93. The highest BCUT2D eigenvalue weighted by atomic mass is 16.1. The van der Waals surface area contributed by atoms with Gasteiger partial charge >= 0.3 is 0 Å². The highest BCUT2D eigenvalue weighted by Crippen LogP contribution is 2.11. The molecule has 2 aromatic heterocycles. The van der Waals surface area contributed by atoms with Crippen molar-refractivity contribution in [2.24, 2.45) is 10.7 Å². The molecule has 0 unspecified atom stereocenters. The van der Waals surface area contributed by atoms with Crippen molar-refractivity contribution in [3.63, 3.8) is 0 Å². The van der Waals surface area contributed by atoms with Crippen molar-refractivity contribution in [2.75, 3.05) is 0 Å². The Morgan fingerprint density at radius 2 is 2.47 bits per heavy atom. The van der Waals surface area contributed by atoms with Gasteiger partial charge < -0.3 is 10.7 Å². The Balaban J connectivity index is 2.06. The van der Waals surface area contributed by atoms with Crippen molar-refractivity contribution in [1.82, 2.24) is 15.0 Å². The molecule has 0 atom stereocenters. The van der Waals surface area contributed by atoms with Crippen LogP contribution in [-0.4, -0.2) is 27.1 Å². The fourth-order valence-electron chi connectivity index (χ4n) is 1.32. The Bertz CT molecular complexity index is 532. The highest BCUT2D eigenvalue weighted by Gasteiger charge is 2.08. The molecule has 2 aromatic rings. The van der Waals surface area contributed by atoms with E-state index in [0.29, 0.717) is 12.2 Å². The molecule has 2 rings (SSSR count). The Hall–Kier alpha value is -2.50. The molecule has 17 heavy (non-hydrogen) atoms. The average Bonchev–Trinajstić information content (AvgIpc) is 2.79. The molecule has 0 spiro atoms. The van der Waals surface area contributed by atoms with Crippen LogP contribution in [0.15, 0.2) is 35.8 Å². The van der Waals surface area contributed by atoms with Crippen LogP contribution in [0.3, 0.4) is 0 Å². The van der Waals surface area contributed by atoms with Gasteiger partial charge in [0, 0.05) is 25.0 Å². The monoisotopic (exact) mass is 229 g/mol. The van der Waals surface area contributed by atoms with E-state index in [1.807, 2.05) is 12.1 Å². The fourth-order valence-corrected chi connectivity index (χ4v) is 1.32. The van der Waals surface area contributed by atoms with Crippen LogP contribution in [0.2, 0.25) is 0 Å². The number of nitrogens with zero attached hydrogens (tertiary/aromatic N) is 3. The number of rotatable bonds is 4. The third-order valence-electron chi connectivity index (χ3n) is 2.13. The molecule has 6 nitrogen and oxygen atoms in total. The minimum Gasteiger partial charge on any atom is -0.364 e. The Morgan fingerprint density at radius 1 is 1.59 bits per heavy atom. The third-order valence-corrected chi connectivity index (χ3v) is 2.13. The Kier molecular flexibility index (Phi) is 3.25. The lowest BCUT2D eigenvalue weighted by atomic mass is 10.2. The van der Waals surface area contributed by atoms with Gasteiger partial charge in [0.05, 0.1) is 6.33 Å². The quantitative estimate of drug-likeness (QED) is 0.760. The summed E-state index contributed by atoms with van der Waals surface area (Å²) in [5.41, 5.74) is 6.40. The number of hydrogen-bond acceptors (Lipinski definition) is 4. The molecule has 0 radical (unpaired) electrons. The number of H-pyrrole nitrogens is 1. The molecule has 2 heterocycles. The summed E-state index contributed by atoms with van der Waals surface area (Å²) < 4.78 is 0. The van der Waals surface area contributed by atoms with Crippen LogP contribution in [0.1, 0.15) is 16.1 Å². The summed E-state index contributed by atoms with van der Waals surface area (Å²) >= 11 is 0. The van der Waals surface area contributed by atoms with E-state index in [9.17, 15) is 4.79 Å². The molecule has 6 heteroatoms. The van der Waals surface area contributed by atoms with Gasteiger partial charge in [0.15, 0.2) is 11.5 Å². The van der Waals surface area contributed by atoms with E-state index < -0.39 is 5.91 Å². The molecule has 0 aromatic carbocycles. The molecule has 86 valence electrons. The smallest absolute Gasteiger partial charge is 0.269 e. The minimum atomic E-state index is -0.573. The van der Waals surface area contributed by atoms with Gasteiger partial charge in [-0.1, -0.05) is 6.07 Å². The predicted molar refractivity (Wildman–Crippen MR) is 63.2 cm³/mol. The van der Waals surface area contributed by atoms with Crippen LogP contribution in [0.4, 0.5) is 5.82 Å². The number of hydrogen-bond donors (Lipinski definition) is 2. The summed E-state index contributed by atoms with van der Waals surface area (Å²) in [5.74, 6) is -0.266. The van der Waals surface area contributed by atoms with Crippen molar-refractivity contribution in [3.05, 3.63) is 42.1 Å². The van der Waals surface area contributed by atoms with E-state index in [1.165, 1.54) is 6.33 Å². The molecule has 0 fully saturated rings. The second-order valence-corrected chi connectivity index (χ2v) is 3.34. The number of amides is 1. The number of nitrogens with one attached hydrogen (secondary N) is 1. The highest BCUT2D eigenvalue weighted by molar-refractivity contribution is 5.95. The zero-order chi connectivity index (χ0) is 12.1. The van der Waals surface area contributed by atoms with E-state index in [4.69, 9.17) is 5.73 Å². The first-order chi connectivity index (χ1) is 8.27. The van der Waals surface area contributed by atoms with Crippen molar-refractivity contribution in [3.8, 4) is 0 Å². The summed E-state index contributed by atoms with van der Waals surface area (Å²) in [6.45, 7) is 0. The van der Waals surface area contributed by atoms with Crippen LogP contribution in [0.25, 0.3) is 0 Å². The molecule has 0 saturated heterocycles. The summed E-state index contributed by atoms with van der Waals surface area (Å²) in [4.78, 5) is 25.6. The van der Waals surface area contributed by atoms with Crippen LogP contribution < -0.4 is 5.73 Å². The molecule has 0 aliphatic heterocycles. The van der Waals surface area contributed by atoms with E-state index in [1.54, 1.807) is 18.6 Å². The molecule has 0 saturated carbocycles. The van der Waals surface area contributed by atoms with Gasteiger partial charge in [-0.2, -0.15) is 0 Å². The summed E-state index contributed by atoms with van der Waals surface area (Å²) in [6.07, 6.45) is 7.14. The lowest BCUT2D eigenvalue weighted by molar-refractivity contribution is 0.0997. The predicted octanol–water partition coefficient (Wildman–Crippen LogP) is 0.849. The number of aromatic nitrogens is 3. The van der Waals surface area contributed by atoms with Gasteiger partial charge in [-0.15, -0.1) is 0 Å². The first kappa shape index (κ1) is 11.0. The second kappa shape index (κ2) is 5.02. The van der Waals surface area contributed by atoms with Crippen molar-refractivity contribution in [2.45, 2.75) is 6.42 Å². The Morgan fingerprint density at radius 3 is 3.18 bits per heavy atom. The molecule has 1 amide bonds. The van der Waals surface area contributed by atoms with Gasteiger partial charge in [0.2, 0.25) is 0 Å². The normalized spacial score (nSPS) is 10.8. The maximum absolute atomic E-state index is 11.0. The zero-order valence-electron chi connectivity index (χ0n) is 9.00. The van der Waals surface area contributed by atoms with Crippen LogP contribution >= 0.6 is 0 Å². The lowest BCUT2D eigenvalue weighted by Crippen LogP contribution is -2.11. The number of imidazole rings is 1. The number of carbonyl (C=O) groups is 1. The molecule has 0 aliphatic carbocycles. The van der Waals surface area contributed by atoms with E-state index in [-0.39, 0.29) is 5.69 Å². The van der Waals surface area contributed by atoms with Crippen LogP contribution in [0, 0.1) is 0 Å². The van der Waals surface area contributed by atoms with Gasteiger partial charge in [0.25, 0.3) is 5.91 Å². The number of primary amides is 1. The average molecular weight is 229 g/mol. The second-order valence-electron chi connectivity index (χ2n) is 3.34. The largest absolute Gasteiger partial charge is 0.364 e. The van der Waals surface area contributed by atoms with Crippen LogP contribution in [0.5, 0.6) is 0 Å². The molecule has 0 bridgehead atoms. The van der Waals surface area contributed by atoms with Gasteiger partial charge in [-0.25, -0.2) is 9.98 Å². The summed E-state index contributed by atoms with van der Waals surface area (Å²) in [6, 6.07) is 3.80. The number of carbonyl (C=O) groups excluding carboxylic acids is 1. The first-order valence-corrected chi connectivity index (χ1v) is 5.02. The molecular weight excluding hydrogens is 218 g/mol. The summed E-state index contributed by atoms with van der Waals surface area (Å²) in [5, 5.41) is 0. The van der Waals surface area contributed by atoms with E-state index in [0.717, 1.165) is 5.56 Å². The molecular formula is C11H11N5O. The summed E-state index contributed by atoms with van der Waals surface area (Å²) in [7, 11) is 0. The van der Waals surface area contributed by atoms with Gasteiger partial charge in [-0.05, 0) is 11.6 Å². The van der Waals surface area contributed by atoms with Crippen LogP contribution in [-0.2, 0) is 6.42 Å².